The molecule has 3 nitrogen and oxygen atoms in total. The summed E-state index contributed by atoms with van der Waals surface area (Å²) in [5, 5.41) is 7.46. The zero-order chi connectivity index (χ0) is 18.4. The van der Waals surface area contributed by atoms with Crippen LogP contribution in [0.1, 0.15) is 49.8 Å². The van der Waals surface area contributed by atoms with Gasteiger partial charge in [0, 0.05) is 24.1 Å². The summed E-state index contributed by atoms with van der Waals surface area (Å²) in [6, 6.07) is 19.8. The predicted molar refractivity (Wildman–Crippen MR) is 114 cm³/mol. The highest BCUT2D eigenvalue weighted by molar-refractivity contribution is 7.80. The fourth-order valence-electron chi connectivity index (χ4n) is 3.68. The molecular weight excluding hydrogens is 338 g/mol. The minimum atomic E-state index is 0.446. The Morgan fingerprint density at radius 1 is 0.962 bits per heavy atom. The van der Waals surface area contributed by atoms with E-state index in [1.807, 2.05) is 0 Å². The first-order valence-electron chi connectivity index (χ1n) is 9.68. The van der Waals surface area contributed by atoms with Crippen molar-refractivity contribution < 1.29 is 4.90 Å². The maximum atomic E-state index is 5.53. The normalized spacial score (nSPS) is 15.8. The smallest absolute Gasteiger partial charge is 0.171 e. The van der Waals surface area contributed by atoms with Crippen LogP contribution in [-0.4, -0.2) is 24.7 Å². The number of thiocarbonyl (C=S) groups is 1. The summed E-state index contributed by atoms with van der Waals surface area (Å²) < 4.78 is 0. The maximum absolute atomic E-state index is 5.53. The molecule has 0 amide bonds. The van der Waals surface area contributed by atoms with Crippen molar-refractivity contribution in [2.75, 3.05) is 25.0 Å². The van der Waals surface area contributed by atoms with Crippen LogP contribution in [0.25, 0.3) is 0 Å². The quantitative estimate of drug-likeness (QED) is 0.682. The summed E-state index contributed by atoms with van der Waals surface area (Å²) in [7, 11) is 0. The Bertz CT molecular complexity index is 691. The maximum Gasteiger partial charge on any atom is 0.171 e. The van der Waals surface area contributed by atoms with Crippen molar-refractivity contribution >= 4 is 23.0 Å². The average molecular weight is 369 g/mol. The Hall–Kier alpha value is -1.91. The molecule has 0 aliphatic carbocycles. The predicted octanol–water partition coefficient (Wildman–Crippen LogP) is 3.52. The molecule has 26 heavy (non-hydrogen) atoms. The molecule has 1 saturated heterocycles. The van der Waals surface area contributed by atoms with Gasteiger partial charge in [0.15, 0.2) is 5.11 Å². The Labute approximate surface area is 162 Å². The van der Waals surface area contributed by atoms with Crippen LogP contribution < -0.4 is 15.5 Å². The minimum Gasteiger partial charge on any atom is -0.356 e. The van der Waals surface area contributed by atoms with Gasteiger partial charge in [-0.1, -0.05) is 56.3 Å². The van der Waals surface area contributed by atoms with E-state index in [1.165, 1.54) is 37.1 Å². The zero-order valence-corrected chi connectivity index (χ0v) is 16.6. The van der Waals surface area contributed by atoms with Crippen LogP contribution in [0.4, 0.5) is 5.69 Å². The second kappa shape index (κ2) is 9.15. The molecule has 0 bridgehead atoms. The van der Waals surface area contributed by atoms with Crippen molar-refractivity contribution in [1.82, 2.24) is 5.32 Å². The monoisotopic (exact) mass is 368 g/mol. The lowest BCUT2D eigenvalue weighted by molar-refractivity contribution is -0.918. The van der Waals surface area contributed by atoms with Crippen molar-refractivity contribution in [3.8, 4) is 0 Å². The molecule has 3 rings (SSSR count). The number of anilines is 1. The number of benzene rings is 2. The molecule has 1 atom stereocenters. The van der Waals surface area contributed by atoms with Gasteiger partial charge in [-0.05, 0) is 35.8 Å². The van der Waals surface area contributed by atoms with Crippen LogP contribution in [0.15, 0.2) is 54.6 Å². The molecule has 0 aromatic heterocycles. The Morgan fingerprint density at radius 3 is 2.23 bits per heavy atom. The first kappa shape index (κ1) is 18.9. The second-order valence-electron chi connectivity index (χ2n) is 7.44. The lowest BCUT2D eigenvalue weighted by atomic mass is 10.0. The van der Waals surface area contributed by atoms with E-state index in [9.17, 15) is 0 Å². The molecule has 1 fully saturated rings. The SMILES string of the molecule is CC(C)c1ccc(NC(=S)NC[C@H](c2ccccc2)[NH+]2CCCC2)cc1. The number of nitrogens with one attached hydrogen (secondary N) is 3. The molecule has 138 valence electrons. The lowest BCUT2D eigenvalue weighted by Gasteiger charge is -2.26. The third-order valence-electron chi connectivity index (χ3n) is 5.24. The number of hydrogen-bond acceptors (Lipinski definition) is 1. The summed E-state index contributed by atoms with van der Waals surface area (Å²) in [5.41, 5.74) is 3.77. The molecule has 2 aromatic carbocycles. The molecule has 0 saturated carbocycles. The number of quaternary nitrogens is 1. The second-order valence-corrected chi connectivity index (χ2v) is 7.85. The molecule has 1 aliphatic rings. The van der Waals surface area contributed by atoms with Crippen LogP contribution in [0.5, 0.6) is 0 Å². The number of hydrogen-bond donors (Lipinski definition) is 3. The molecule has 4 heteroatoms. The van der Waals surface area contributed by atoms with E-state index in [2.05, 4.69) is 79.1 Å². The topological polar surface area (TPSA) is 28.5 Å². The Kier molecular flexibility index (Phi) is 6.64. The van der Waals surface area contributed by atoms with E-state index in [0.717, 1.165) is 12.2 Å². The van der Waals surface area contributed by atoms with E-state index in [-0.39, 0.29) is 0 Å². The van der Waals surface area contributed by atoms with Gasteiger partial charge in [-0.3, -0.25) is 0 Å². The fraction of sp³-hybridized carbons (Fsp3) is 0.409. The minimum absolute atomic E-state index is 0.446. The van der Waals surface area contributed by atoms with E-state index in [1.54, 1.807) is 4.90 Å². The molecule has 1 aliphatic heterocycles. The third kappa shape index (κ3) is 5.05. The van der Waals surface area contributed by atoms with Crippen LogP contribution in [0.3, 0.4) is 0 Å². The van der Waals surface area contributed by atoms with Crippen molar-refractivity contribution in [1.29, 1.82) is 0 Å². The number of rotatable bonds is 6. The van der Waals surface area contributed by atoms with E-state index in [0.29, 0.717) is 17.1 Å². The van der Waals surface area contributed by atoms with Crippen molar-refractivity contribution in [2.45, 2.75) is 38.6 Å². The number of likely N-dealkylation sites (tertiary alicyclic amines) is 1. The Balaban J connectivity index is 1.58. The highest BCUT2D eigenvalue weighted by Gasteiger charge is 2.27. The molecule has 3 N–H and O–H groups in total. The zero-order valence-electron chi connectivity index (χ0n) is 15.8. The molecule has 0 spiro atoms. The third-order valence-corrected chi connectivity index (χ3v) is 5.49. The van der Waals surface area contributed by atoms with Gasteiger partial charge in [0.25, 0.3) is 0 Å². The van der Waals surface area contributed by atoms with Gasteiger partial charge in [0.1, 0.15) is 6.04 Å². The van der Waals surface area contributed by atoms with Crippen molar-refractivity contribution in [2.24, 2.45) is 0 Å². The molecule has 0 radical (unpaired) electrons. The van der Waals surface area contributed by atoms with Gasteiger partial charge in [-0.25, -0.2) is 0 Å². The van der Waals surface area contributed by atoms with Gasteiger partial charge in [-0.2, -0.15) is 0 Å². The van der Waals surface area contributed by atoms with Gasteiger partial charge in [0.05, 0.1) is 19.6 Å². The van der Waals surface area contributed by atoms with E-state index in [4.69, 9.17) is 12.2 Å². The van der Waals surface area contributed by atoms with E-state index < -0.39 is 0 Å². The lowest BCUT2D eigenvalue weighted by Crippen LogP contribution is -3.11. The largest absolute Gasteiger partial charge is 0.356 e. The molecule has 0 unspecified atom stereocenters. The van der Waals surface area contributed by atoms with Crippen LogP contribution in [0.2, 0.25) is 0 Å². The van der Waals surface area contributed by atoms with E-state index >= 15 is 0 Å². The van der Waals surface area contributed by atoms with Crippen LogP contribution in [-0.2, 0) is 0 Å². The van der Waals surface area contributed by atoms with Crippen molar-refractivity contribution in [3.63, 3.8) is 0 Å². The van der Waals surface area contributed by atoms with Crippen LogP contribution in [0, 0.1) is 0 Å². The summed E-state index contributed by atoms with van der Waals surface area (Å²) in [4.78, 5) is 1.66. The summed E-state index contributed by atoms with van der Waals surface area (Å²) >= 11 is 5.53. The van der Waals surface area contributed by atoms with Gasteiger partial charge < -0.3 is 15.5 Å². The Morgan fingerprint density at radius 2 is 1.62 bits per heavy atom. The average Bonchev–Trinajstić information content (AvgIpc) is 3.17. The molecule has 2 aromatic rings. The van der Waals surface area contributed by atoms with Gasteiger partial charge >= 0.3 is 0 Å². The standard InChI is InChI=1S/C22H29N3S/c1-17(2)18-10-12-20(13-11-18)24-22(26)23-16-21(25-14-6-7-15-25)19-8-4-3-5-9-19/h3-5,8-13,17,21H,6-7,14-16H2,1-2H3,(H2,23,24,26)/p+1/t21-/m1/s1. The molecule has 1 heterocycles. The summed E-state index contributed by atoms with van der Waals surface area (Å²) in [5.74, 6) is 0.546. The highest BCUT2D eigenvalue weighted by Crippen LogP contribution is 2.17. The highest BCUT2D eigenvalue weighted by atomic mass is 32.1. The molecular formula is C22H30N3S+. The summed E-state index contributed by atoms with van der Waals surface area (Å²) in [6.45, 7) is 7.77. The van der Waals surface area contributed by atoms with Gasteiger partial charge in [-0.15, -0.1) is 0 Å². The fourth-order valence-corrected chi connectivity index (χ4v) is 3.88. The summed E-state index contributed by atoms with van der Waals surface area (Å²) in [6.07, 6.45) is 2.65. The first-order chi connectivity index (χ1) is 12.6. The first-order valence-corrected chi connectivity index (χ1v) is 10.1. The van der Waals surface area contributed by atoms with Gasteiger partial charge in [0.2, 0.25) is 0 Å². The van der Waals surface area contributed by atoms with Crippen molar-refractivity contribution in [3.05, 3.63) is 65.7 Å². The van der Waals surface area contributed by atoms with Crippen LogP contribution >= 0.6 is 12.2 Å².